The maximum atomic E-state index is 11.4. The minimum Gasteiger partial charge on any atom is -0.347 e. The predicted molar refractivity (Wildman–Crippen MR) is 61.9 cm³/mol. The number of halogens is 2. The summed E-state index contributed by atoms with van der Waals surface area (Å²) in [5.41, 5.74) is 0.586. The van der Waals surface area contributed by atoms with Crippen molar-refractivity contribution in [2.45, 2.75) is 0 Å². The van der Waals surface area contributed by atoms with E-state index < -0.39 is 0 Å². The molecule has 0 heterocycles. The van der Waals surface area contributed by atoms with Crippen LogP contribution in [0.2, 0.25) is 5.02 Å². The third kappa shape index (κ3) is 3.52. The lowest BCUT2D eigenvalue weighted by molar-refractivity contribution is 0.0958. The Kier molecular flexibility index (Phi) is 4.17. The van der Waals surface area contributed by atoms with Crippen molar-refractivity contribution in [3.63, 3.8) is 0 Å². The van der Waals surface area contributed by atoms with E-state index in [-0.39, 0.29) is 5.91 Å². The second-order valence-corrected chi connectivity index (χ2v) is 4.26. The number of nitrogens with one attached hydrogen (secondary N) is 1. The average molecular weight is 275 g/mol. The van der Waals surface area contributed by atoms with E-state index in [0.717, 1.165) is 4.48 Å². The van der Waals surface area contributed by atoms with Crippen molar-refractivity contribution in [3.8, 4) is 0 Å². The molecule has 0 saturated carbocycles. The zero-order valence-corrected chi connectivity index (χ0v) is 9.73. The van der Waals surface area contributed by atoms with Crippen LogP contribution < -0.4 is 5.32 Å². The monoisotopic (exact) mass is 273 g/mol. The van der Waals surface area contributed by atoms with E-state index in [2.05, 4.69) is 27.8 Å². The Morgan fingerprint density at radius 2 is 2.00 bits per heavy atom. The number of carbonyl (C=O) groups is 1. The van der Waals surface area contributed by atoms with Gasteiger partial charge < -0.3 is 5.32 Å². The summed E-state index contributed by atoms with van der Waals surface area (Å²) in [5, 5.41) is 3.31. The largest absolute Gasteiger partial charge is 0.347 e. The number of hydrogen-bond acceptors (Lipinski definition) is 1. The van der Waals surface area contributed by atoms with Crippen LogP contribution in [0.3, 0.4) is 0 Å². The molecule has 0 aromatic heterocycles. The van der Waals surface area contributed by atoms with Gasteiger partial charge in [-0.3, -0.25) is 4.79 Å². The second kappa shape index (κ2) is 5.17. The van der Waals surface area contributed by atoms with Gasteiger partial charge in [0.05, 0.1) is 0 Å². The lowest BCUT2D eigenvalue weighted by Gasteiger charge is -2.03. The van der Waals surface area contributed by atoms with E-state index in [1.54, 1.807) is 24.3 Å². The van der Waals surface area contributed by atoms with E-state index in [4.69, 9.17) is 11.6 Å². The summed E-state index contributed by atoms with van der Waals surface area (Å²) in [6, 6.07) is 6.71. The van der Waals surface area contributed by atoms with Gasteiger partial charge in [0.2, 0.25) is 0 Å². The summed E-state index contributed by atoms with van der Waals surface area (Å²) in [7, 11) is 0. The molecule has 0 radical (unpaired) electrons. The van der Waals surface area contributed by atoms with Gasteiger partial charge in [-0.05, 0) is 24.3 Å². The maximum absolute atomic E-state index is 11.4. The highest BCUT2D eigenvalue weighted by Crippen LogP contribution is 2.09. The molecule has 1 N–H and O–H groups in total. The Labute approximate surface area is 96.1 Å². The first kappa shape index (κ1) is 11.3. The van der Waals surface area contributed by atoms with E-state index in [0.29, 0.717) is 17.1 Å². The summed E-state index contributed by atoms with van der Waals surface area (Å²) < 4.78 is 0.736. The Morgan fingerprint density at radius 3 is 2.50 bits per heavy atom. The third-order valence-corrected chi connectivity index (χ3v) is 2.08. The molecule has 2 nitrogen and oxygen atoms in total. The molecule has 1 aromatic carbocycles. The molecular formula is C10H9BrClNO. The number of carbonyl (C=O) groups excluding carboxylic acids is 1. The fourth-order valence-corrected chi connectivity index (χ4v) is 1.15. The summed E-state index contributed by atoms with van der Waals surface area (Å²) in [6.07, 6.45) is 0. The molecule has 0 aliphatic carbocycles. The molecule has 0 atom stereocenters. The van der Waals surface area contributed by atoms with Crippen molar-refractivity contribution in [1.82, 2.24) is 5.32 Å². The van der Waals surface area contributed by atoms with Gasteiger partial charge in [-0.1, -0.05) is 34.1 Å². The number of amides is 1. The Hall–Kier alpha value is -0.800. The van der Waals surface area contributed by atoms with Crippen molar-refractivity contribution in [2.24, 2.45) is 0 Å². The van der Waals surface area contributed by atoms with Crippen molar-refractivity contribution in [2.75, 3.05) is 6.54 Å². The van der Waals surface area contributed by atoms with Gasteiger partial charge in [0, 0.05) is 21.6 Å². The minimum absolute atomic E-state index is 0.137. The Bertz CT molecular complexity index is 348. The highest BCUT2D eigenvalue weighted by molar-refractivity contribution is 9.11. The van der Waals surface area contributed by atoms with Crippen LogP contribution in [-0.4, -0.2) is 12.5 Å². The lowest BCUT2D eigenvalue weighted by Crippen LogP contribution is -2.24. The smallest absolute Gasteiger partial charge is 0.251 e. The van der Waals surface area contributed by atoms with Crippen molar-refractivity contribution >= 4 is 33.4 Å². The van der Waals surface area contributed by atoms with Crippen LogP contribution in [0.5, 0.6) is 0 Å². The van der Waals surface area contributed by atoms with Crippen LogP contribution >= 0.6 is 27.5 Å². The topological polar surface area (TPSA) is 29.1 Å². The maximum Gasteiger partial charge on any atom is 0.251 e. The highest BCUT2D eigenvalue weighted by atomic mass is 79.9. The summed E-state index contributed by atoms with van der Waals surface area (Å²) in [4.78, 5) is 11.4. The molecule has 0 bridgehead atoms. The van der Waals surface area contributed by atoms with Crippen LogP contribution in [0.15, 0.2) is 35.3 Å². The normalized spacial score (nSPS) is 9.57. The zero-order valence-electron chi connectivity index (χ0n) is 7.39. The van der Waals surface area contributed by atoms with Gasteiger partial charge in [-0.2, -0.15) is 0 Å². The van der Waals surface area contributed by atoms with Gasteiger partial charge in [0.25, 0.3) is 5.91 Å². The van der Waals surface area contributed by atoms with Crippen molar-refractivity contribution < 1.29 is 4.79 Å². The lowest BCUT2D eigenvalue weighted by atomic mass is 10.2. The molecule has 0 aliphatic rings. The molecule has 0 unspecified atom stereocenters. The SMILES string of the molecule is C=C(Br)CNC(=O)c1ccc(Cl)cc1. The molecule has 0 spiro atoms. The molecule has 1 rings (SSSR count). The van der Waals surface area contributed by atoms with Gasteiger partial charge in [0.1, 0.15) is 0 Å². The number of hydrogen-bond donors (Lipinski definition) is 1. The number of rotatable bonds is 3. The molecular weight excluding hydrogens is 265 g/mol. The first-order valence-electron chi connectivity index (χ1n) is 3.96. The van der Waals surface area contributed by atoms with E-state index in [9.17, 15) is 4.79 Å². The average Bonchev–Trinajstić information content (AvgIpc) is 2.15. The summed E-state index contributed by atoms with van der Waals surface area (Å²) in [6.45, 7) is 4.03. The van der Waals surface area contributed by atoms with Crippen LogP contribution in [-0.2, 0) is 0 Å². The fraction of sp³-hybridized carbons (Fsp3) is 0.100. The Balaban J connectivity index is 2.61. The molecule has 0 saturated heterocycles. The molecule has 1 amide bonds. The van der Waals surface area contributed by atoms with Crippen molar-refractivity contribution in [3.05, 3.63) is 45.9 Å². The van der Waals surface area contributed by atoms with E-state index in [1.165, 1.54) is 0 Å². The predicted octanol–water partition coefficient (Wildman–Crippen LogP) is 2.98. The molecule has 14 heavy (non-hydrogen) atoms. The number of benzene rings is 1. The first-order chi connectivity index (χ1) is 6.59. The third-order valence-electron chi connectivity index (χ3n) is 1.55. The molecule has 0 aliphatic heterocycles. The van der Waals surface area contributed by atoms with Gasteiger partial charge >= 0.3 is 0 Å². The minimum atomic E-state index is -0.137. The van der Waals surface area contributed by atoms with Crippen LogP contribution in [0.4, 0.5) is 0 Å². The Morgan fingerprint density at radius 1 is 1.43 bits per heavy atom. The molecule has 4 heteroatoms. The van der Waals surface area contributed by atoms with E-state index >= 15 is 0 Å². The fourth-order valence-electron chi connectivity index (χ4n) is 0.880. The van der Waals surface area contributed by atoms with Gasteiger partial charge in [-0.15, -0.1) is 0 Å². The molecule has 74 valence electrons. The van der Waals surface area contributed by atoms with E-state index in [1.807, 2.05) is 0 Å². The van der Waals surface area contributed by atoms with Crippen LogP contribution in [0, 0.1) is 0 Å². The van der Waals surface area contributed by atoms with Crippen molar-refractivity contribution in [1.29, 1.82) is 0 Å². The first-order valence-corrected chi connectivity index (χ1v) is 5.14. The highest BCUT2D eigenvalue weighted by Gasteiger charge is 2.03. The quantitative estimate of drug-likeness (QED) is 0.902. The molecule has 0 fully saturated rings. The van der Waals surface area contributed by atoms with Crippen LogP contribution in [0.25, 0.3) is 0 Å². The summed E-state index contributed by atoms with van der Waals surface area (Å²) >= 11 is 8.85. The standard InChI is InChI=1S/C10H9BrClNO/c1-7(11)6-13-10(14)8-2-4-9(12)5-3-8/h2-5H,1,6H2,(H,13,14). The zero-order chi connectivity index (χ0) is 10.6. The second-order valence-electron chi connectivity index (χ2n) is 2.71. The van der Waals surface area contributed by atoms with Gasteiger partial charge in [0.15, 0.2) is 0 Å². The molecule has 1 aromatic rings. The van der Waals surface area contributed by atoms with Crippen LogP contribution in [0.1, 0.15) is 10.4 Å². The summed E-state index contributed by atoms with van der Waals surface area (Å²) in [5.74, 6) is -0.137. The van der Waals surface area contributed by atoms with Gasteiger partial charge in [-0.25, -0.2) is 0 Å².